The highest BCUT2D eigenvalue weighted by Crippen LogP contribution is 2.27. The van der Waals surface area contributed by atoms with Gasteiger partial charge in [-0.25, -0.2) is 9.59 Å². The van der Waals surface area contributed by atoms with Gasteiger partial charge in [-0.05, 0) is 26.8 Å². The summed E-state index contributed by atoms with van der Waals surface area (Å²) >= 11 is 0. The van der Waals surface area contributed by atoms with Crippen LogP contribution in [0.4, 0.5) is 0 Å². The fourth-order valence-electron chi connectivity index (χ4n) is 3.41. The Morgan fingerprint density at radius 2 is 1.70 bits per heavy atom. The van der Waals surface area contributed by atoms with E-state index in [-0.39, 0.29) is 30.1 Å². The van der Waals surface area contributed by atoms with Gasteiger partial charge >= 0.3 is 11.9 Å². The van der Waals surface area contributed by atoms with Crippen LogP contribution in [-0.2, 0) is 20.8 Å². The molecular weight excluding hydrogens is 390 g/mol. The van der Waals surface area contributed by atoms with Crippen LogP contribution < -0.4 is 0 Å². The summed E-state index contributed by atoms with van der Waals surface area (Å²) in [5, 5.41) is 0.735. The Labute approximate surface area is 173 Å². The smallest absolute Gasteiger partial charge is 0.375 e. The number of Topliss-reactive ketones (excluding diaryl/α,β-unsaturated/α-hetero) is 1. The van der Waals surface area contributed by atoms with Crippen molar-refractivity contribution in [2.75, 3.05) is 20.3 Å². The molecule has 0 aliphatic carbocycles. The first kappa shape index (κ1) is 21.3. The van der Waals surface area contributed by atoms with E-state index < -0.39 is 24.3 Å². The lowest BCUT2D eigenvalue weighted by Crippen LogP contribution is -2.18. The number of hydrogen-bond acceptors (Lipinski definition) is 7. The first-order valence-electron chi connectivity index (χ1n) is 9.44. The van der Waals surface area contributed by atoms with Crippen LogP contribution in [0.15, 0.2) is 28.7 Å². The van der Waals surface area contributed by atoms with Gasteiger partial charge in [-0.1, -0.05) is 18.2 Å². The van der Waals surface area contributed by atoms with Crippen molar-refractivity contribution < 1.29 is 33.0 Å². The minimum Gasteiger partial charge on any atom is -0.462 e. The van der Waals surface area contributed by atoms with Crippen LogP contribution in [0.1, 0.15) is 55.1 Å². The standard InChI is InChI=1S/C22H23NO7/c1-5-28-21(25)19-13(3)23-12(2)18(19)16(24)11-29-22(26)20-15(10-27-4)14-8-6-7-9-17(14)30-20/h6-9,23H,5,10-11H2,1-4H3. The molecule has 30 heavy (non-hydrogen) atoms. The highest BCUT2D eigenvalue weighted by atomic mass is 16.5. The molecule has 158 valence electrons. The third kappa shape index (κ3) is 3.99. The summed E-state index contributed by atoms with van der Waals surface area (Å²) in [6.45, 7) is 4.81. The van der Waals surface area contributed by atoms with E-state index in [0.717, 1.165) is 5.39 Å². The number of ketones is 1. The summed E-state index contributed by atoms with van der Waals surface area (Å²) in [5.41, 5.74) is 2.39. The minimum atomic E-state index is -0.783. The molecular formula is C22H23NO7. The number of H-pyrrole nitrogens is 1. The average molecular weight is 413 g/mol. The van der Waals surface area contributed by atoms with E-state index in [0.29, 0.717) is 22.5 Å². The second kappa shape index (κ2) is 8.96. The monoisotopic (exact) mass is 413 g/mol. The minimum absolute atomic E-state index is 0.0153. The summed E-state index contributed by atoms with van der Waals surface area (Å²) < 4.78 is 21.1. The van der Waals surface area contributed by atoms with Crippen LogP contribution in [0.2, 0.25) is 0 Å². The number of para-hydroxylation sites is 1. The number of esters is 2. The Hall–Kier alpha value is -3.39. The normalized spacial score (nSPS) is 10.9. The van der Waals surface area contributed by atoms with Crippen LogP contribution in [0.3, 0.4) is 0 Å². The van der Waals surface area contributed by atoms with Gasteiger partial charge < -0.3 is 23.6 Å². The van der Waals surface area contributed by atoms with Gasteiger partial charge in [-0.15, -0.1) is 0 Å². The maximum absolute atomic E-state index is 12.8. The largest absolute Gasteiger partial charge is 0.462 e. The highest BCUT2D eigenvalue weighted by molar-refractivity contribution is 6.09. The molecule has 3 aromatic rings. The third-order valence-electron chi connectivity index (χ3n) is 4.64. The summed E-state index contributed by atoms with van der Waals surface area (Å²) in [4.78, 5) is 40.6. The van der Waals surface area contributed by atoms with E-state index in [2.05, 4.69) is 4.98 Å². The van der Waals surface area contributed by atoms with E-state index in [1.54, 1.807) is 32.9 Å². The SMILES string of the molecule is CCOC(=O)c1c(C)[nH]c(C)c1C(=O)COC(=O)c1oc2ccccc2c1COC. The molecule has 0 aliphatic rings. The third-order valence-corrected chi connectivity index (χ3v) is 4.64. The van der Waals surface area contributed by atoms with Crippen molar-refractivity contribution in [3.05, 3.63) is 58.1 Å². The van der Waals surface area contributed by atoms with Gasteiger partial charge in [0.05, 0.1) is 24.3 Å². The summed E-state index contributed by atoms with van der Waals surface area (Å²) in [7, 11) is 1.51. The molecule has 2 aromatic heterocycles. The number of rotatable bonds is 8. The summed E-state index contributed by atoms with van der Waals surface area (Å²) in [5.74, 6) is -1.92. The number of aromatic amines is 1. The number of ether oxygens (including phenoxy) is 3. The van der Waals surface area contributed by atoms with E-state index in [1.165, 1.54) is 7.11 Å². The second-order valence-electron chi connectivity index (χ2n) is 6.68. The molecule has 0 spiro atoms. The summed E-state index contributed by atoms with van der Waals surface area (Å²) in [6, 6.07) is 7.15. The number of aryl methyl sites for hydroxylation is 2. The van der Waals surface area contributed by atoms with Crippen LogP contribution >= 0.6 is 0 Å². The molecule has 0 radical (unpaired) electrons. The van der Waals surface area contributed by atoms with Crippen molar-refractivity contribution in [3.63, 3.8) is 0 Å². The van der Waals surface area contributed by atoms with Gasteiger partial charge in [0.15, 0.2) is 6.61 Å². The average Bonchev–Trinajstić information content (AvgIpc) is 3.23. The van der Waals surface area contributed by atoms with Crippen molar-refractivity contribution in [3.8, 4) is 0 Å². The van der Waals surface area contributed by atoms with Crippen LogP contribution in [-0.4, -0.2) is 43.0 Å². The van der Waals surface area contributed by atoms with Crippen molar-refractivity contribution in [2.45, 2.75) is 27.4 Å². The number of aromatic nitrogens is 1. The van der Waals surface area contributed by atoms with Gasteiger partial charge in [-0.3, -0.25) is 4.79 Å². The molecule has 3 rings (SSSR count). The van der Waals surface area contributed by atoms with Gasteiger partial charge in [0.25, 0.3) is 0 Å². The van der Waals surface area contributed by atoms with Crippen LogP contribution in [0.25, 0.3) is 11.0 Å². The molecule has 0 unspecified atom stereocenters. The fraction of sp³-hybridized carbons (Fsp3) is 0.318. The number of furan rings is 1. The van der Waals surface area contributed by atoms with Crippen molar-refractivity contribution in [2.24, 2.45) is 0 Å². The predicted octanol–water partition coefficient (Wildman–Crippen LogP) is 3.74. The van der Waals surface area contributed by atoms with E-state index in [1.807, 2.05) is 12.1 Å². The summed E-state index contributed by atoms with van der Waals surface area (Å²) in [6.07, 6.45) is 0. The van der Waals surface area contributed by atoms with Gasteiger partial charge in [-0.2, -0.15) is 0 Å². The lowest BCUT2D eigenvalue weighted by atomic mass is 10.1. The topological polar surface area (TPSA) is 108 Å². The zero-order valence-electron chi connectivity index (χ0n) is 17.3. The zero-order valence-corrected chi connectivity index (χ0v) is 17.3. The van der Waals surface area contributed by atoms with E-state index in [9.17, 15) is 14.4 Å². The molecule has 0 saturated heterocycles. The Bertz CT molecular complexity index is 1110. The number of fused-ring (bicyclic) bond motifs is 1. The molecule has 0 aliphatic heterocycles. The Morgan fingerprint density at radius 1 is 1.00 bits per heavy atom. The predicted molar refractivity (Wildman–Crippen MR) is 108 cm³/mol. The lowest BCUT2D eigenvalue weighted by molar-refractivity contribution is 0.0439. The Morgan fingerprint density at radius 3 is 2.40 bits per heavy atom. The van der Waals surface area contributed by atoms with Crippen LogP contribution in [0.5, 0.6) is 0 Å². The van der Waals surface area contributed by atoms with Crippen molar-refractivity contribution in [1.82, 2.24) is 4.98 Å². The maximum Gasteiger partial charge on any atom is 0.375 e. The number of carbonyl (C=O) groups is 3. The fourth-order valence-corrected chi connectivity index (χ4v) is 3.41. The molecule has 1 N–H and O–H groups in total. The highest BCUT2D eigenvalue weighted by Gasteiger charge is 2.27. The molecule has 0 amide bonds. The number of methoxy groups -OCH3 is 1. The Balaban J connectivity index is 1.82. The maximum atomic E-state index is 12.8. The van der Waals surface area contributed by atoms with Gasteiger partial charge in [0, 0.05) is 29.4 Å². The van der Waals surface area contributed by atoms with Crippen molar-refractivity contribution in [1.29, 1.82) is 0 Å². The number of nitrogens with one attached hydrogen (secondary N) is 1. The molecule has 1 aromatic carbocycles. The molecule has 0 bridgehead atoms. The number of hydrogen-bond donors (Lipinski definition) is 1. The van der Waals surface area contributed by atoms with Crippen molar-refractivity contribution >= 4 is 28.7 Å². The van der Waals surface area contributed by atoms with E-state index >= 15 is 0 Å². The first-order chi connectivity index (χ1) is 14.4. The Kier molecular flexibility index (Phi) is 6.37. The number of carbonyl (C=O) groups excluding carboxylic acids is 3. The molecule has 0 saturated carbocycles. The molecule has 2 heterocycles. The quantitative estimate of drug-likeness (QED) is 0.443. The lowest BCUT2D eigenvalue weighted by Gasteiger charge is -2.07. The van der Waals surface area contributed by atoms with Gasteiger partial charge in [0.1, 0.15) is 5.58 Å². The zero-order chi connectivity index (χ0) is 21.8. The van der Waals surface area contributed by atoms with Crippen LogP contribution in [0, 0.1) is 13.8 Å². The molecule has 0 atom stereocenters. The van der Waals surface area contributed by atoms with E-state index in [4.69, 9.17) is 18.6 Å². The molecule has 0 fully saturated rings. The molecule has 8 heteroatoms. The van der Waals surface area contributed by atoms with Gasteiger partial charge in [0.2, 0.25) is 11.5 Å². The molecule has 8 nitrogen and oxygen atoms in total. The first-order valence-corrected chi connectivity index (χ1v) is 9.44. The number of benzene rings is 1. The second-order valence-corrected chi connectivity index (χ2v) is 6.68.